The zero-order valence-electron chi connectivity index (χ0n) is 13.9. The fourth-order valence-corrected chi connectivity index (χ4v) is 3.54. The Morgan fingerprint density at radius 1 is 1.33 bits per heavy atom. The quantitative estimate of drug-likeness (QED) is 0.829. The van der Waals surface area contributed by atoms with Crippen LogP contribution in [0.4, 0.5) is 11.4 Å². The zero-order chi connectivity index (χ0) is 17.3. The fraction of sp³-hybridized carbons (Fsp3) is 0.412. The third-order valence-electron chi connectivity index (χ3n) is 4.45. The van der Waals surface area contributed by atoms with Crippen molar-refractivity contribution >= 4 is 23.0 Å². The molecule has 128 valence electrons. The Morgan fingerprint density at radius 2 is 2.12 bits per heavy atom. The number of likely N-dealkylation sites (tertiary alicyclic amines) is 1. The predicted molar refractivity (Wildman–Crippen MR) is 97.6 cm³/mol. The van der Waals surface area contributed by atoms with Gasteiger partial charge in [-0.2, -0.15) is 5.10 Å². The maximum Gasteiger partial charge on any atom is 0.287 e. The van der Waals surface area contributed by atoms with Gasteiger partial charge in [0, 0.05) is 31.9 Å². The highest BCUT2D eigenvalue weighted by atomic mass is 35.5. The van der Waals surface area contributed by atoms with Gasteiger partial charge in [-0.3, -0.25) is 4.79 Å². The molecule has 0 saturated carbocycles. The summed E-state index contributed by atoms with van der Waals surface area (Å²) in [5.74, 6) is 0.378. The van der Waals surface area contributed by atoms with E-state index in [1.165, 1.54) is 10.2 Å². The predicted octanol–water partition coefficient (Wildman–Crippen LogP) is 1.92. The number of benzene rings is 1. The lowest BCUT2D eigenvalue weighted by atomic mass is 9.88. The summed E-state index contributed by atoms with van der Waals surface area (Å²) < 4.78 is 1.23. The molecule has 1 aromatic carbocycles. The monoisotopic (exact) mass is 347 g/mol. The summed E-state index contributed by atoms with van der Waals surface area (Å²) in [4.78, 5) is 14.2. The van der Waals surface area contributed by atoms with E-state index in [0.29, 0.717) is 11.6 Å². The summed E-state index contributed by atoms with van der Waals surface area (Å²) >= 11 is 6.16. The summed E-state index contributed by atoms with van der Waals surface area (Å²) in [6.07, 6.45) is 2.55. The molecular formula is C17H22ClN5O. The van der Waals surface area contributed by atoms with Crippen LogP contribution in [-0.2, 0) is 7.05 Å². The lowest BCUT2D eigenvalue weighted by molar-refractivity contribution is 0.235. The molecule has 2 heterocycles. The van der Waals surface area contributed by atoms with Crippen molar-refractivity contribution in [2.45, 2.75) is 18.4 Å². The number of rotatable bonds is 3. The molecule has 6 nitrogen and oxygen atoms in total. The minimum atomic E-state index is -0.293. The number of nitrogen functional groups attached to an aromatic ring is 1. The molecule has 3 rings (SSSR count). The van der Waals surface area contributed by atoms with E-state index in [9.17, 15) is 4.79 Å². The first kappa shape index (κ1) is 16.8. The third kappa shape index (κ3) is 3.55. The van der Waals surface area contributed by atoms with Crippen molar-refractivity contribution in [1.29, 1.82) is 0 Å². The molecule has 24 heavy (non-hydrogen) atoms. The molecule has 0 spiro atoms. The molecule has 0 unspecified atom stereocenters. The van der Waals surface area contributed by atoms with Gasteiger partial charge in [0.2, 0.25) is 0 Å². The number of aryl methyl sites for hydroxylation is 1. The van der Waals surface area contributed by atoms with Crippen molar-refractivity contribution in [3.8, 4) is 0 Å². The maximum atomic E-state index is 11.9. The Hall–Kier alpha value is -2.05. The van der Waals surface area contributed by atoms with Crippen molar-refractivity contribution < 1.29 is 0 Å². The number of aromatic nitrogens is 2. The van der Waals surface area contributed by atoms with E-state index in [0.717, 1.165) is 25.2 Å². The Bertz CT molecular complexity index is 791. The number of nitrogens with one attached hydrogen (secondary N) is 1. The van der Waals surface area contributed by atoms with Crippen LogP contribution in [0.25, 0.3) is 0 Å². The van der Waals surface area contributed by atoms with Crippen molar-refractivity contribution in [3.63, 3.8) is 0 Å². The van der Waals surface area contributed by atoms with Crippen LogP contribution >= 0.6 is 11.6 Å². The van der Waals surface area contributed by atoms with Crippen molar-refractivity contribution in [3.05, 3.63) is 51.4 Å². The summed E-state index contributed by atoms with van der Waals surface area (Å²) in [6, 6.07) is 8.22. The number of hydrogen-bond donors (Lipinski definition) is 2. The Balaban J connectivity index is 1.79. The number of halogens is 1. The van der Waals surface area contributed by atoms with Gasteiger partial charge in [0.25, 0.3) is 5.56 Å². The first-order valence-electron chi connectivity index (χ1n) is 7.96. The standard InChI is InChI=1S/C17H22ClN5O/c1-22-9-12(11-4-3-5-13(19)6-11)7-14(10-22)21-15-8-20-23(2)17(24)16(15)18/h3-6,8,12,14,21H,7,9-10,19H2,1-2H3/t12-,14+/m0/s1. The lowest BCUT2D eigenvalue weighted by Crippen LogP contribution is -2.43. The first-order chi connectivity index (χ1) is 11.4. The highest BCUT2D eigenvalue weighted by Crippen LogP contribution is 2.29. The molecule has 1 aliphatic rings. The molecule has 3 N–H and O–H groups in total. The SMILES string of the molecule is CN1C[C@H](Nc2cnn(C)c(=O)c2Cl)C[C@H](c2cccc(N)c2)C1. The van der Waals surface area contributed by atoms with E-state index in [4.69, 9.17) is 17.3 Å². The van der Waals surface area contributed by atoms with Gasteiger partial charge in [0.05, 0.1) is 11.9 Å². The number of hydrogen-bond acceptors (Lipinski definition) is 5. The summed E-state index contributed by atoms with van der Waals surface area (Å²) in [7, 11) is 3.68. The van der Waals surface area contributed by atoms with Gasteiger partial charge in [0.1, 0.15) is 5.02 Å². The fourth-order valence-electron chi connectivity index (χ4n) is 3.31. The van der Waals surface area contributed by atoms with E-state index in [2.05, 4.69) is 28.4 Å². The summed E-state index contributed by atoms with van der Waals surface area (Å²) in [6.45, 7) is 1.86. The maximum absolute atomic E-state index is 11.9. The molecular weight excluding hydrogens is 326 g/mol. The van der Waals surface area contributed by atoms with E-state index in [1.54, 1.807) is 13.2 Å². The van der Waals surface area contributed by atoms with Gasteiger partial charge in [-0.15, -0.1) is 0 Å². The van der Waals surface area contributed by atoms with Crippen LogP contribution in [0.2, 0.25) is 5.02 Å². The number of likely N-dealkylation sites (N-methyl/N-ethyl adjacent to an activating group) is 1. The Kier molecular flexibility index (Phi) is 4.78. The smallest absolute Gasteiger partial charge is 0.287 e. The average Bonchev–Trinajstić information content (AvgIpc) is 2.55. The molecule has 0 aliphatic carbocycles. The van der Waals surface area contributed by atoms with Gasteiger partial charge in [-0.25, -0.2) is 4.68 Å². The second-order valence-corrected chi connectivity index (χ2v) is 6.84. The van der Waals surface area contributed by atoms with Crippen LogP contribution in [0.3, 0.4) is 0 Å². The third-order valence-corrected chi connectivity index (χ3v) is 4.82. The molecule has 2 atom stereocenters. The highest BCUT2D eigenvalue weighted by molar-refractivity contribution is 6.32. The van der Waals surface area contributed by atoms with Crippen LogP contribution in [0, 0.1) is 0 Å². The zero-order valence-corrected chi connectivity index (χ0v) is 14.6. The molecule has 1 aliphatic heterocycles. The summed E-state index contributed by atoms with van der Waals surface area (Å²) in [5, 5.41) is 7.60. The van der Waals surface area contributed by atoms with Crippen LogP contribution in [0.15, 0.2) is 35.3 Å². The molecule has 1 saturated heterocycles. The van der Waals surface area contributed by atoms with Crippen molar-refractivity contribution in [2.75, 3.05) is 31.2 Å². The highest BCUT2D eigenvalue weighted by Gasteiger charge is 2.27. The second-order valence-electron chi connectivity index (χ2n) is 6.47. The van der Waals surface area contributed by atoms with Crippen LogP contribution in [0.1, 0.15) is 17.9 Å². The van der Waals surface area contributed by atoms with Crippen LogP contribution < -0.4 is 16.6 Å². The normalized spacial score (nSPS) is 21.6. The minimum absolute atomic E-state index is 0.182. The van der Waals surface area contributed by atoms with Gasteiger partial charge >= 0.3 is 0 Å². The number of anilines is 2. The van der Waals surface area contributed by atoms with Gasteiger partial charge in [-0.05, 0) is 37.1 Å². The van der Waals surface area contributed by atoms with E-state index >= 15 is 0 Å². The largest absolute Gasteiger partial charge is 0.399 e. The first-order valence-corrected chi connectivity index (χ1v) is 8.34. The van der Waals surface area contributed by atoms with Gasteiger partial charge in [-0.1, -0.05) is 23.7 Å². The molecule has 2 aromatic rings. The molecule has 0 bridgehead atoms. The van der Waals surface area contributed by atoms with Crippen molar-refractivity contribution in [2.24, 2.45) is 7.05 Å². The van der Waals surface area contributed by atoms with Crippen molar-refractivity contribution in [1.82, 2.24) is 14.7 Å². The Morgan fingerprint density at radius 3 is 2.88 bits per heavy atom. The van der Waals surface area contributed by atoms with E-state index in [-0.39, 0.29) is 16.6 Å². The minimum Gasteiger partial charge on any atom is -0.399 e. The topological polar surface area (TPSA) is 76.2 Å². The number of nitrogens with zero attached hydrogens (tertiary/aromatic N) is 3. The van der Waals surface area contributed by atoms with Gasteiger partial charge in [0.15, 0.2) is 0 Å². The molecule has 0 radical (unpaired) electrons. The Labute approximate surface area is 146 Å². The number of piperidine rings is 1. The van der Waals surface area contributed by atoms with Crippen LogP contribution in [-0.4, -0.2) is 40.9 Å². The lowest BCUT2D eigenvalue weighted by Gasteiger charge is -2.36. The van der Waals surface area contributed by atoms with Gasteiger partial charge < -0.3 is 16.0 Å². The second kappa shape index (κ2) is 6.83. The number of nitrogens with two attached hydrogens (primary N) is 1. The average molecular weight is 348 g/mol. The molecule has 7 heteroatoms. The van der Waals surface area contributed by atoms with Crippen LogP contribution in [0.5, 0.6) is 0 Å². The van der Waals surface area contributed by atoms with E-state index in [1.807, 2.05) is 18.2 Å². The summed E-state index contributed by atoms with van der Waals surface area (Å²) in [5.41, 5.74) is 8.23. The molecule has 1 aromatic heterocycles. The van der Waals surface area contributed by atoms with E-state index < -0.39 is 0 Å². The molecule has 0 amide bonds. The molecule has 1 fully saturated rings.